The lowest BCUT2D eigenvalue weighted by molar-refractivity contribution is 0.346. The molecule has 2 aromatic rings. The monoisotopic (exact) mass is 390 g/mol. The van der Waals surface area contributed by atoms with Crippen LogP contribution in [0.15, 0.2) is 39.1 Å². The van der Waals surface area contributed by atoms with Crippen molar-refractivity contribution >= 4 is 21.7 Å². The van der Waals surface area contributed by atoms with Crippen LogP contribution in [0.4, 0.5) is 5.95 Å². The lowest BCUT2D eigenvalue weighted by atomic mass is 10.1. The third-order valence-electron chi connectivity index (χ3n) is 4.41. The Morgan fingerprint density at radius 1 is 1.15 bits per heavy atom. The lowest BCUT2D eigenvalue weighted by Crippen LogP contribution is -2.35. The molecule has 0 spiro atoms. The average molecular weight is 390 g/mol. The Morgan fingerprint density at radius 2 is 1.81 bits per heavy atom. The molecule has 1 aliphatic rings. The zero-order valence-electron chi connectivity index (χ0n) is 15.3. The fourth-order valence-corrected chi connectivity index (χ4v) is 4.28. The van der Waals surface area contributed by atoms with Crippen molar-refractivity contribution in [3.8, 4) is 0 Å². The van der Waals surface area contributed by atoms with Crippen LogP contribution in [0.3, 0.4) is 0 Å². The number of sulfonamides is 1. The number of rotatable bonds is 5. The van der Waals surface area contributed by atoms with Crippen LogP contribution in [0, 0.1) is 6.92 Å². The molecule has 0 bridgehead atoms. The molecule has 0 saturated carbocycles. The molecule has 0 amide bonds. The summed E-state index contributed by atoms with van der Waals surface area (Å²) in [4.78, 5) is 14.3. The highest BCUT2D eigenvalue weighted by Crippen LogP contribution is 2.21. The summed E-state index contributed by atoms with van der Waals surface area (Å²) in [7, 11) is -3.45. The first-order chi connectivity index (χ1) is 12.9. The SMILES string of the molecule is C/C(=N/Nc1nnc(C)c(=O)[nH]1)c1ccc(S(=O)(=O)N2CCCCC2)cc1. The number of H-pyrrole nitrogens is 1. The maximum Gasteiger partial charge on any atom is 0.274 e. The van der Waals surface area contributed by atoms with Crippen LogP contribution >= 0.6 is 0 Å². The average Bonchev–Trinajstić information content (AvgIpc) is 2.69. The third-order valence-corrected chi connectivity index (χ3v) is 6.33. The molecule has 0 unspecified atom stereocenters. The number of benzene rings is 1. The van der Waals surface area contributed by atoms with Crippen molar-refractivity contribution in [2.45, 2.75) is 38.0 Å². The van der Waals surface area contributed by atoms with E-state index in [1.54, 1.807) is 42.4 Å². The van der Waals surface area contributed by atoms with E-state index in [2.05, 4.69) is 25.7 Å². The van der Waals surface area contributed by atoms with E-state index >= 15 is 0 Å². The smallest absolute Gasteiger partial charge is 0.274 e. The maximum absolute atomic E-state index is 12.7. The second-order valence-electron chi connectivity index (χ2n) is 6.39. The van der Waals surface area contributed by atoms with Crippen molar-refractivity contribution in [3.05, 3.63) is 45.9 Å². The molecule has 1 aromatic carbocycles. The number of nitrogens with zero attached hydrogens (tertiary/aromatic N) is 4. The van der Waals surface area contributed by atoms with E-state index in [1.807, 2.05) is 0 Å². The Kier molecular flexibility index (Phi) is 5.66. The Labute approximate surface area is 157 Å². The first-order valence-electron chi connectivity index (χ1n) is 8.72. The van der Waals surface area contributed by atoms with E-state index < -0.39 is 10.0 Å². The molecule has 1 aromatic heterocycles. The van der Waals surface area contributed by atoms with Gasteiger partial charge in [-0.2, -0.15) is 9.41 Å². The van der Waals surface area contributed by atoms with Crippen molar-refractivity contribution in [2.75, 3.05) is 18.5 Å². The van der Waals surface area contributed by atoms with Gasteiger partial charge in [-0.05, 0) is 44.4 Å². The van der Waals surface area contributed by atoms with Gasteiger partial charge >= 0.3 is 0 Å². The Morgan fingerprint density at radius 3 is 2.44 bits per heavy atom. The first kappa shape index (κ1) is 19.2. The van der Waals surface area contributed by atoms with Gasteiger partial charge in [0, 0.05) is 13.1 Å². The molecule has 2 heterocycles. The van der Waals surface area contributed by atoms with E-state index in [0.29, 0.717) is 18.8 Å². The third kappa shape index (κ3) is 4.40. The maximum atomic E-state index is 12.7. The van der Waals surface area contributed by atoms with Crippen molar-refractivity contribution < 1.29 is 8.42 Å². The highest BCUT2D eigenvalue weighted by Gasteiger charge is 2.25. The molecule has 3 rings (SSSR count). The van der Waals surface area contributed by atoms with Crippen molar-refractivity contribution in [1.29, 1.82) is 0 Å². The Balaban J connectivity index is 1.73. The van der Waals surface area contributed by atoms with Gasteiger partial charge in [-0.3, -0.25) is 9.78 Å². The summed E-state index contributed by atoms with van der Waals surface area (Å²) in [5.41, 5.74) is 3.93. The van der Waals surface area contributed by atoms with Crippen LogP contribution in [-0.4, -0.2) is 46.7 Å². The quantitative estimate of drug-likeness (QED) is 0.589. The fraction of sp³-hybridized carbons (Fsp3) is 0.412. The summed E-state index contributed by atoms with van der Waals surface area (Å²) >= 11 is 0. The second kappa shape index (κ2) is 7.97. The summed E-state index contributed by atoms with van der Waals surface area (Å²) < 4.78 is 26.9. The number of anilines is 1. The van der Waals surface area contributed by atoms with Crippen LogP contribution in [0.25, 0.3) is 0 Å². The molecule has 144 valence electrons. The largest absolute Gasteiger partial charge is 0.288 e. The van der Waals surface area contributed by atoms with Crippen molar-refractivity contribution in [2.24, 2.45) is 5.10 Å². The number of aromatic amines is 1. The van der Waals surface area contributed by atoms with Gasteiger partial charge in [-0.1, -0.05) is 18.6 Å². The van der Waals surface area contributed by atoms with Crippen LogP contribution in [0.2, 0.25) is 0 Å². The molecular weight excluding hydrogens is 368 g/mol. The molecule has 1 aliphatic heterocycles. The predicted octanol–water partition coefficient (Wildman–Crippen LogP) is 1.48. The van der Waals surface area contributed by atoms with Gasteiger partial charge < -0.3 is 0 Å². The zero-order valence-corrected chi connectivity index (χ0v) is 16.1. The molecule has 0 aliphatic carbocycles. The zero-order chi connectivity index (χ0) is 19.4. The minimum absolute atomic E-state index is 0.134. The number of aromatic nitrogens is 3. The predicted molar refractivity (Wildman–Crippen MR) is 102 cm³/mol. The molecule has 1 fully saturated rings. The molecule has 0 atom stereocenters. The lowest BCUT2D eigenvalue weighted by Gasteiger charge is -2.25. The van der Waals surface area contributed by atoms with Crippen LogP contribution in [0.1, 0.15) is 37.4 Å². The highest BCUT2D eigenvalue weighted by molar-refractivity contribution is 7.89. The molecule has 9 nitrogen and oxygen atoms in total. The van der Waals surface area contributed by atoms with E-state index in [9.17, 15) is 13.2 Å². The van der Waals surface area contributed by atoms with Crippen molar-refractivity contribution in [3.63, 3.8) is 0 Å². The topological polar surface area (TPSA) is 120 Å². The summed E-state index contributed by atoms with van der Waals surface area (Å²) in [6.07, 6.45) is 2.88. The van der Waals surface area contributed by atoms with E-state index in [1.165, 1.54) is 0 Å². The van der Waals surface area contributed by atoms with Crippen LogP contribution in [-0.2, 0) is 10.0 Å². The molecule has 1 saturated heterocycles. The van der Waals surface area contributed by atoms with Crippen molar-refractivity contribution in [1.82, 2.24) is 19.5 Å². The minimum atomic E-state index is -3.45. The Bertz CT molecular complexity index is 992. The van der Waals surface area contributed by atoms with Gasteiger partial charge in [0.15, 0.2) is 0 Å². The number of hydrazone groups is 1. The van der Waals surface area contributed by atoms with E-state index in [0.717, 1.165) is 24.8 Å². The fourth-order valence-electron chi connectivity index (χ4n) is 2.77. The molecular formula is C17H22N6O3S. The summed E-state index contributed by atoms with van der Waals surface area (Å²) in [5.74, 6) is 0.134. The van der Waals surface area contributed by atoms with Gasteiger partial charge in [0.05, 0.1) is 10.6 Å². The highest BCUT2D eigenvalue weighted by atomic mass is 32.2. The van der Waals surface area contributed by atoms with E-state index in [4.69, 9.17) is 0 Å². The normalized spacial score (nSPS) is 16.3. The van der Waals surface area contributed by atoms with Gasteiger partial charge in [0.25, 0.3) is 5.56 Å². The van der Waals surface area contributed by atoms with Crippen LogP contribution < -0.4 is 11.0 Å². The number of hydrogen-bond acceptors (Lipinski definition) is 7. The summed E-state index contributed by atoms with van der Waals surface area (Å²) in [5, 5.41) is 11.7. The van der Waals surface area contributed by atoms with Gasteiger partial charge in [-0.15, -0.1) is 10.2 Å². The summed E-state index contributed by atoms with van der Waals surface area (Å²) in [6.45, 7) is 4.47. The number of nitrogens with one attached hydrogen (secondary N) is 2. The second-order valence-corrected chi connectivity index (χ2v) is 8.32. The molecule has 27 heavy (non-hydrogen) atoms. The van der Waals surface area contributed by atoms with Gasteiger partial charge in [0.1, 0.15) is 5.69 Å². The molecule has 10 heteroatoms. The first-order valence-corrected chi connectivity index (χ1v) is 10.2. The number of aryl methyl sites for hydroxylation is 1. The Hall–Kier alpha value is -2.59. The number of hydrogen-bond donors (Lipinski definition) is 2. The number of piperidine rings is 1. The van der Waals surface area contributed by atoms with E-state index in [-0.39, 0.29) is 22.1 Å². The van der Waals surface area contributed by atoms with Gasteiger partial charge in [-0.25, -0.2) is 13.8 Å². The standard InChI is InChI=1S/C17H22N6O3S/c1-12(19-21-17-18-16(24)13(2)20-22-17)14-6-8-15(9-7-14)27(25,26)23-10-4-3-5-11-23/h6-9H,3-5,10-11H2,1-2H3,(H2,18,21,22,24)/b19-12-. The van der Waals surface area contributed by atoms with Gasteiger partial charge in [0.2, 0.25) is 16.0 Å². The van der Waals surface area contributed by atoms with Crippen LogP contribution in [0.5, 0.6) is 0 Å². The summed E-state index contributed by atoms with van der Waals surface area (Å²) in [6, 6.07) is 6.60. The molecule has 0 radical (unpaired) electrons. The minimum Gasteiger partial charge on any atom is -0.288 e. The molecule has 2 N–H and O–H groups in total.